The summed E-state index contributed by atoms with van der Waals surface area (Å²) in [6.45, 7) is 0. The van der Waals surface area contributed by atoms with Crippen molar-refractivity contribution in [3.8, 4) is 55.6 Å². The Morgan fingerprint density at radius 3 is 1.32 bits per heavy atom. The van der Waals surface area contributed by atoms with Gasteiger partial charge in [0.1, 0.15) is 0 Å². The molecule has 0 saturated carbocycles. The SMILES string of the molecule is [2H]c1c([2H])c([2H])c(-c2c([2H])c([2H])c([2H])c([2H])c2N(c2ccc(-c3ccccc3)cc2)c2cccc(-c3cccc(N(c4ccc(-c5ccccc5)cc4)c4ccc(-c5ccc6c(c5)sc5ccccc56)cc4)c3)c2)c([2H])c1[2H]. The lowest BCUT2D eigenvalue weighted by atomic mass is 9.99. The number of hydrogen-bond acceptors (Lipinski definition) is 3. The van der Waals surface area contributed by atoms with E-state index in [0.717, 1.165) is 61.6 Å². The Balaban J connectivity index is 0.992. The molecule has 69 heavy (non-hydrogen) atoms. The predicted octanol–water partition coefficient (Wildman–Crippen LogP) is 19.3. The summed E-state index contributed by atoms with van der Waals surface area (Å²) < 4.78 is 83.0. The minimum atomic E-state index is -0.618. The van der Waals surface area contributed by atoms with E-state index in [0.29, 0.717) is 11.4 Å². The van der Waals surface area contributed by atoms with Gasteiger partial charge in [-0.3, -0.25) is 0 Å². The second-order valence-corrected chi connectivity index (χ2v) is 17.8. The number of thiophene rings is 1. The predicted molar refractivity (Wildman–Crippen MR) is 296 cm³/mol. The summed E-state index contributed by atoms with van der Waals surface area (Å²) in [5, 5.41) is 2.52. The Kier molecular flexibility index (Phi) is 8.80. The van der Waals surface area contributed by atoms with Crippen molar-refractivity contribution in [3.05, 3.63) is 279 Å². The Hall–Kier alpha value is -8.76. The van der Waals surface area contributed by atoms with Crippen molar-refractivity contribution in [1.29, 1.82) is 0 Å². The van der Waals surface area contributed by atoms with Crippen LogP contribution in [0.25, 0.3) is 75.8 Å². The Morgan fingerprint density at radius 1 is 0.275 bits per heavy atom. The third-order valence-electron chi connectivity index (χ3n) is 12.5. The first-order chi connectivity index (χ1) is 37.9. The first kappa shape index (κ1) is 32.8. The fourth-order valence-electron chi connectivity index (χ4n) is 9.11. The second-order valence-electron chi connectivity index (χ2n) is 16.7. The molecule has 0 amide bonds. The number of rotatable bonds is 11. The zero-order valence-corrected chi connectivity index (χ0v) is 38.0. The van der Waals surface area contributed by atoms with Gasteiger partial charge in [0.25, 0.3) is 0 Å². The average Bonchev–Trinajstić information content (AvgIpc) is 4.03. The molecule has 0 unspecified atom stereocenters. The van der Waals surface area contributed by atoms with Crippen molar-refractivity contribution in [1.82, 2.24) is 0 Å². The van der Waals surface area contributed by atoms with E-state index in [-0.39, 0.29) is 16.8 Å². The molecular formula is C66H46N2S. The molecule has 11 aromatic carbocycles. The molecule has 2 nitrogen and oxygen atoms in total. The fraction of sp³-hybridized carbons (Fsp3) is 0. The standard InChI is InChI=1S/C66H46N2S/c1-4-16-47(17-5-1)49-30-37-56(38-31-49)67(57-39-34-51(35-40-57)55-36-43-63-62-27-11-13-29-65(62)69-66(63)46-55)59-24-14-22-53(44-59)54-23-15-25-60(45-54)68(58-41-32-50(33-42-58)48-18-6-2-7-19-48)64-28-12-10-26-61(64)52-20-8-3-9-21-52/h1-46H/i3D,8D,9D,10D,12D,20D,21D,26D,28D. The number of fused-ring (bicyclic) bond motifs is 3. The minimum Gasteiger partial charge on any atom is -0.310 e. The van der Waals surface area contributed by atoms with Crippen LogP contribution in [0.2, 0.25) is 0 Å². The molecule has 0 radical (unpaired) electrons. The van der Waals surface area contributed by atoms with E-state index in [1.54, 1.807) is 16.2 Å². The van der Waals surface area contributed by atoms with E-state index in [9.17, 15) is 2.74 Å². The maximum atomic E-state index is 9.56. The van der Waals surface area contributed by atoms with E-state index in [2.05, 4.69) is 120 Å². The number of para-hydroxylation sites is 1. The van der Waals surface area contributed by atoms with Crippen LogP contribution in [0.1, 0.15) is 12.3 Å². The first-order valence-electron chi connectivity index (χ1n) is 27.2. The molecule has 326 valence electrons. The maximum Gasteiger partial charge on any atom is 0.0645 e. The number of anilines is 6. The monoisotopic (exact) mass is 907 g/mol. The normalized spacial score (nSPS) is 13.0. The highest BCUT2D eigenvalue weighted by Gasteiger charge is 2.19. The lowest BCUT2D eigenvalue weighted by Crippen LogP contribution is -2.11. The van der Waals surface area contributed by atoms with Gasteiger partial charge in [0.05, 0.1) is 18.0 Å². The van der Waals surface area contributed by atoms with Gasteiger partial charge < -0.3 is 9.80 Å². The highest BCUT2D eigenvalue weighted by atomic mass is 32.1. The number of benzene rings is 11. The van der Waals surface area contributed by atoms with Gasteiger partial charge in [0.2, 0.25) is 0 Å². The van der Waals surface area contributed by atoms with Gasteiger partial charge in [-0.2, -0.15) is 0 Å². The summed E-state index contributed by atoms with van der Waals surface area (Å²) in [5.41, 5.74) is 11.1. The Morgan fingerprint density at radius 2 is 0.710 bits per heavy atom. The molecule has 1 aromatic heterocycles. The average molecular weight is 908 g/mol. The summed E-state index contributed by atoms with van der Waals surface area (Å²) in [4.78, 5) is 3.92. The van der Waals surface area contributed by atoms with E-state index < -0.39 is 54.4 Å². The second kappa shape index (κ2) is 18.5. The third kappa shape index (κ3) is 8.37. The van der Waals surface area contributed by atoms with Crippen molar-refractivity contribution in [2.75, 3.05) is 9.80 Å². The summed E-state index contributed by atoms with van der Waals surface area (Å²) >= 11 is 1.80. The molecule has 0 aliphatic rings. The quantitative estimate of drug-likeness (QED) is 0.128. The molecule has 0 bridgehead atoms. The van der Waals surface area contributed by atoms with Crippen LogP contribution in [-0.2, 0) is 0 Å². The van der Waals surface area contributed by atoms with Gasteiger partial charge in [-0.15, -0.1) is 11.3 Å². The molecular weight excluding hydrogens is 853 g/mol. The van der Waals surface area contributed by atoms with Crippen LogP contribution in [0.4, 0.5) is 34.1 Å². The van der Waals surface area contributed by atoms with Crippen LogP contribution in [0.5, 0.6) is 0 Å². The smallest absolute Gasteiger partial charge is 0.0645 e. The van der Waals surface area contributed by atoms with Gasteiger partial charge in [0, 0.05) is 54.2 Å². The molecule has 0 atom stereocenters. The molecule has 0 saturated heterocycles. The molecule has 12 aromatic rings. The molecule has 3 heteroatoms. The van der Waals surface area contributed by atoms with Crippen molar-refractivity contribution in [3.63, 3.8) is 0 Å². The highest BCUT2D eigenvalue weighted by Crippen LogP contribution is 2.44. The van der Waals surface area contributed by atoms with Crippen molar-refractivity contribution < 1.29 is 12.3 Å². The summed E-state index contributed by atoms with van der Waals surface area (Å²) in [6.07, 6.45) is 0. The maximum absolute atomic E-state index is 9.56. The van der Waals surface area contributed by atoms with Gasteiger partial charge in [-0.1, -0.05) is 200 Å². The summed E-state index contributed by atoms with van der Waals surface area (Å²) in [5.74, 6) is 0. The van der Waals surface area contributed by atoms with Crippen LogP contribution in [-0.4, -0.2) is 0 Å². The number of nitrogens with zero attached hydrogens (tertiary/aromatic N) is 2. The van der Waals surface area contributed by atoms with Crippen molar-refractivity contribution >= 4 is 65.6 Å². The molecule has 0 spiro atoms. The zero-order valence-electron chi connectivity index (χ0n) is 46.2. The van der Waals surface area contributed by atoms with Crippen LogP contribution >= 0.6 is 11.3 Å². The Labute approximate surface area is 420 Å². The largest absolute Gasteiger partial charge is 0.310 e. The molecule has 12 rings (SSSR count). The van der Waals surface area contributed by atoms with Crippen LogP contribution in [0, 0.1) is 0 Å². The van der Waals surface area contributed by atoms with Crippen LogP contribution < -0.4 is 9.80 Å². The highest BCUT2D eigenvalue weighted by molar-refractivity contribution is 7.25. The van der Waals surface area contributed by atoms with E-state index in [1.807, 2.05) is 109 Å². The van der Waals surface area contributed by atoms with Crippen LogP contribution in [0.15, 0.2) is 279 Å². The zero-order chi connectivity index (χ0) is 53.8. The minimum absolute atomic E-state index is 0.0739. The topological polar surface area (TPSA) is 6.48 Å². The summed E-state index contributed by atoms with van der Waals surface area (Å²) in [7, 11) is 0. The van der Waals surface area contributed by atoms with Gasteiger partial charge in [-0.25, -0.2) is 0 Å². The van der Waals surface area contributed by atoms with Gasteiger partial charge in [0.15, 0.2) is 0 Å². The van der Waals surface area contributed by atoms with Gasteiger partial charge in [-0.05, 0) is 129 Å². The van der Waals surface area contributed by atoms with Crippen molar-refractivity contribution in [2.45, 2.75) is 0 Å². The van der Waals surface area contributed by atoms with E-state index >= 15 is 0 Å². The lowest BCUT2D eigenvalue weighted by Gasteiger charge is -2.29. The number of hydrogen-bond donors (Lipinski definition) is 0. The molecule has 0 fully saturated rings. The van der Waals surface area contributed by atoms with E-state index in [4.69, 9.17) is 9.60 Å². The third-order valence-corrected chi connectivity index (χ3v) is 13.6. The molecule has 1 heterocycles. The molecule has 0 aliphatic heterocycles. The lowest BCUT2D eigenvalue weighted by molar-refractivity contribution is 1.28. The van der Waals surface area contributed by atoms with E-state index in [1.165, 1.54) is 20.2 Å². The molecule has 0 aliphatic carbocycles. The van der Waals surface area contributed by atoms with Gasteiger partial charge >= 0.3 is 0 Å². The summed E-state index contributed by atoms with van der Waals surface area (Å²) in [6, 6.07) is 70.8. The fourth-order valence-corrected chi connectivity index (χ4v) is 10.3. The molecule has 0 N–H and O–H groups in total. The Bertz CT molecular complexity index is 4220. The van der Waals surface area contributed by atoms with Crippen molar-refractivity contribution in [2.24, 2.45) is 0 Å². The van der Waals surface area contributed by atoms with Crippen LogP contribution in [0.3, 0.4) is 0 Å². The first-order valence-corrected chi connectivity index (χ1v) is 23.6.